The quantitative estimate of drug-likeness (QED) is 0.895. The summed E-state index contributed by atoms with van der Waals surface area (Å²) in [5.41, 5.74) is 0.452. The van der Waals surface area contributed by atoms with E-state index >= 15 is 0 Å². The van der Waals surface area contributed by atoms with Crippen LogP contribution in [0, 0.1) is 5.82 Å². The molecule has 0 saturated carbocycles. The maximum absolute atomic E-state index is 14.0. The number of piperidine rings is 1. The van der Waals surface area contributed by atoms with Gasteiger partial charge in [-0.1, -0.05) is 23.5 Å². The number of hydrogen-bond donors (Lipinski definition) is 1. The van der Waals surface area contributed by atoms with E-state index in [4.69, 9.17) is 0 Å². The minimum absolute atomic E-state index is 0.0145. The summed E-state index contributed by atoms with van der Waals surface area (Å²) in [5.74, 6) is -0.287. The first kappa shape index (κ1) is 17.1. The Morgan fingerprint density at radius 1 is 1.27 bits per heavy atom. The first-order chi connectivity index (χ1) is 12.6. The van der Waals surface area contributed by atoms with Crippen molar-refractivity contribution < 1.29 is 14.0 Å². The molecule has 2 unspecified atom stereocenters. The first-order valence-corrected chi connectivity index (χ1v) is 9.60. The van der Waals surface area contributed by atoms with Gasteiger partial charge in [0.25, 0.3) is 0 Å². The van der Waals surface area contributed by atoms with Gasteiger partial charge in [0.1, 0.15) is 16.9 Å². The molecule has 1 aromatic heterocycles. The van der Waals surface area contributed by atoms with Crippen molar-refractivity contribution in [3.63, 3.8) is 0 Å². The molecule has 0 radical (unpaired) electrons. The molecule has 0 aliphatic carbocycles. The van der Waals surface area contributed by atoms with E-state index in [-0.39, 0.29) is 23.5 Å². The highest BCUT2D eigenvalue weighted by molar-refractivity contribution is 7.14. The summed E-state index contributed by atoms with van der Waals surface area (Å²) in [7, 11) is 0. The normalized spacial score (nSPS) is 23.1. The van der Waals surface area contributed by atoms with Crippen LogP contribution in [0.5, 0.6) is 0 Å². The van der Waals surface area contributed by atoms with Crippen molar-refractivity contribution in [1.82, 2.24) is 20.4 Å². The molecule has 2 fully saturated rings. The van der Waals surface area contributed by atoms with Gasteiger partial charge in [0, 0.05) is 31.0 Å². The van der Waals surface area contributed by atoms with E-state index in [1.807, 2.05) is 4.90 Å². The summed E-state index contributed by atoms with van der Waals surface area (Å²) in [6, 6.07) is 6.13. The highest BCUT2D eigenvalue weighted by atomic mass is 32.1. The molecule has 2 atom stereocenters. The average molecular weight is 374 g/mol. The van der Waals surface area contributed by atoms with Crippen molar-refractivity contribution in [2.75, 3.05) is 13.1 Å². The van der Waals surface area contributed by atoms with Gasteiger partial charge in [-0.2, -0.15) is 0 Å². The molecule has 136 valence electrons. The zero-order chi connectivity index (χ0) is 18.1. The van der Waals surface area contributed by atoms with Crippen molar-refractivity contribution in [2.45, 2.75) is 37.6 Å². The van der Waals surface area contributed by atoms with Gasteiger partial charge in [-0.3, -0.25) is 9.59 Å². The third kappa shape index (κ3) is 3.33. The number of benzene rings is 1. The van der Waals surface area contributed by atoms with Crippen LogP contribution >= 0.6 is 11.3 Å². The Hall–Kier alpha value is -2.35. The molecule has 8 heteroatoms. The van der Waals surface area contributed by atoms with Crippen LogP contribution in [0.25, 0.3) is 10.6 Å². The predicted molar refractivity (Wildman–Crippen MR) is 95.0 cm³/mol. The highest BCUT2D eigenvalue weighted by Gasteiger charge is 2.34. The van der Waals surface area contributed by atoms with Crippen molar-refractivity contribution in [3.05, 3.63) is 35.1 Å². The summed E-state index contributed by atoms with van der Waals surface area (Å²) >= 11 is 1.38. The zero-order valence-corrected chi connectivity index (χ0v) is 15.0. The molecule has 2 aliphatic heterocycles. The average Bonchev–Trinajstić information content (AvgIpc) is 3.31. The third-order valence-corrected chi connectivity index (χ3v) is 6.04. The summed E-state index contributed by atoms with van der Waals surface area (Å²) in [4.78, 5) is 25.8. The Balaban J connectivity index is 1.47. The van der Waals surface area contributed by atoms with Crippen molar-refractivity contribution in [3.8, 4) is 10.6 Å². The SMILES string of the molecule is O=C1CCC(C(=O)N2CCCC(c3nnc(-c4ccccc4F)s3)C2)N1. The molecular formula is C18H19FN4O2S. The number of rotatable bonds is 3. The summed E-state index contributed by atoms with van der Waals surface area (Å²) in [6.07, 6.45) is 2.78. The van der Waals surface area contributed by atoms with Gasteiger partial charge < -0.3 is 10.2 Å². The largest absolute Gasteiger partial charge is 0.344 e. The van der Waals surface area contributed by atoms with Crippen LogP contribution in [0.3, 0.4) is 0 Å². The molecule has 26 heavy (non-hydrogen) atoms. The second-order valence-corrected chi connectivity index (χ2v) is 7.72. The van der Waals surface area contributed by atoms with Gasteiger partial charge in [-0.15, -0.1) is 10.2 Å². The Kier molecular flexibility index (Phi) is 4.67. The maximum atomic E-state index is 14.0. The lowest BCUT2D eigenvalue weighted by molar-refractivity contribution is -0.135. The molecule has 1 N–H and O–H groups in total. The Morgan fingerprint density at radius 3 is 2.88 bits per heavy atom. The minimum atomic E-state index is -0.398. The molecule has 2 amide bonds. The lowest BCUT2D eigenvalue weighted by atomic mass is 9.98. The maximum Gasteiger partial charge on any atom is 0.245 e. The summed E-state index contributed by atoms with van der Waals surface area (Å²) < 4.78 is 14.0. The number of aromatic nitrogens is 2. The van der Waals surface area contributed by atoms with E-state index in [1.54, 1.807) is 18.2 Å². The molecule has 3 heterocycles. The zero-order valence-electron chi connectivity index (χ0n) is 14.2. The number of nitrogens with zero attached hydrogens (tertiary/aromatic N) is 3. The monoisotopic (exact) mass is 374 g/mol. The molecule has 0 bridgehead atoms. The molecule has 2 saturated heterocycles. The Labute approximate surface area is 154 Å². The first-order valence-electron chi connectivity index (χ1n) is 8.78. The Morgan fingerprint density at radius 2 is 2.12 bits per heavy atom. The number of carbonyl (C=O) groups is 2. The number of carbonyl (C=O) groups excluding carboxylic acids is 2. The molecule has 2 aliphatic rings. The molecule has 4 rings (SSSR count). The second kappa shape index (κ2) is 7.11. The molecule has 1 aromatic carbocycles. The van der Waals surface area contributed by atoms with Crippen molar-refractivity contribution >= 4 is 23.2 Å². The van der Waals surface area contributed by atoms with Gasteiger partial charge >= 0.3 is 0 Å². The number of likely N-dealkylation sites (tertiary alicyclic amines) is 1. The molecular weight excluding hydrogens is 355 g/mol. The minimum Gasteiger partial charge on any atom is -0.344 e. The van der Waals surface area contributed by atoms with Gasteiger partial charge in [0.15, 0.2) is 5.01 Å². The van der Waals surface area contributed by atoms with E-state index in [2.05, 4.69) is 15.5 Å². The number of nitrogens with one attached hydrogen (secondary N) is 1. The smallest absolute Gasteiger partial charge is 0.245 e. The van der Waals surface area contributed by atoms with E-state index in [9.17, 15) is 14.0 Å². The third-order valence-electron chi connectivity index (χ3n) is 4.92. The lowest BCUT2D eigenvalue weighted by Gasteiger charge is -2.33. The van der Waals surface area contributed by atoms with Gasteiger partial charge in [-0.05, 0) is 31.4 Å². The fourth-order valence-corrected chi connectivity index (χ4v) is 4.54. The van der Waals surface area contributed by atoms with E-state index in [0.29, 0.717) is 36.5 Å². The second-order valence-electron chi connectivity index (χ2n) is 6.71. The standard InChI is InChI=1S/C18H19FN4O2S/c19-13-6-2-1-5-12(13)17-22-21-16(26-17)11-4-3-9-23(10-11)18(25)14-7-8-15(24)20-14/h1-2,5-6,11,14H,3-4,7-10H2,(H,20,24). The van der Waals surface area contributed by atoms with Crippen LogP contribution in [0.1, 0.15) is 36.6 Å². The van der Waals surface area contributed by atoms with Crippen LogP contribution in [-0.4, -0.2) is 46.0 Å². The molecule has 0 spiro atoms. The predicted octanol–water partition coefficient (Wildman–Crippen LogP) is 2.33. The summed E-state index contributed by atoms with van der Waals surface area (Å²) in [6.45, 7) is 1.26. The topological polar surface area (TPSA) is 75.2 Å². The van der Waals surface area contributed by atoms with Crippen LogP contribution < -0.4 is 5.32 Å². The van der Waals surface area contributed by atoms with Crippen molar-refractivity contribution in [2.24, 2.45) is 0 Å². The van der Waals surface area contributed by atoms with E-state index in [1.165, 1.54) is 17.4 Å². The van der Waals surface area contributed by atoms with Crippen molar-refractivity contribution in [1.29, 1.82) is 0 Å². The fourth-order valence-electron chi connectivity index (χ4n) is 3.54. The lowest BCUT2D eigenvalue weighted by Crippen LogP contribution is -2.48. The Bertz CT molecular complexity index is 840. The van der Waals surface area contributed by atoms with Crippen LogP contribution in [-0.2, 0) is 9.59 Å². The van der Waals surface area contributed by atoms with E-state index in [0.717, 1.165) is 17.8 Å². The molecule has 6 nitrogen and oxygen atoms in total. The van der Waals surface area contributed by atoms with Gasteiger partial charge in [-0.25, -0.2) is 4.39 Å². The van der Waals surface area contributed by atoms with Gasteiger partial charge in [0.2, 0.25) is 11.8 Å². The molecule has 2 aromatic rings. The van der Waals surface area contributed by atoms with Crippen LogP contribution in [0.15, 0.2) is 24.3 Å². The van der Waals surface area contributed by atoms with E-state index < -0.39 is 6.04 Å². The fraction of sp³-hybridized carbons (Fsp3) is 0.444. The highest BCUT2D eigenvalue weighted by Crippen LogP contribution is 2.33. The number of amides is 2. The van der Waals surface area contributed by atoms with Gasteiger partial charge in [0.05, 0.1) is 0 Å². The summed E-state index contributed by atoms with van der Waals surface area (Å²) in [5, 5.41) is 12.5. The number of hydrogen-bond acceptors (Lipinski definition) is 5. The van der Waals surface area contributed by atoms with Crippen LogP contribution in [0.2, 0.25) is 0 Å². The number of halogens is 1. The van der Waals surface area contributed by atoms with Crippen LogP contribution in [0.4, 0.5) is 4.39 Å².